The van der Waals surface area contributed by atoms with Gasteiger partial charge in [-0.15, -0.1) is 0 Å². The van der Waals surface area contributed by atoms with E-state index in [2.05, 4.69) is 0 Å². The molecular formula is C40H56O14. The largest absolute Gasteiger partial charge is 0.462 e. The van der Waals surface area contributed by atoms with E-state index in [4.69, 9.17) is 56.8 Å². The van der Waals surface area contributed by atoms with Gasteiger partial charge in [0.2, 0.25) is 0 Å². The van der Waals surface area contributed by atoms with Gasteiger partial charge in [-0.1, -0.05) is 6.08 Å². The van der Waals surface area contributed by atoms with Gasteiger partial charge in [0.15, 0.2) is 0 Å². The fourth-order valence-electron chi connectivity index (χ4n) is 6.84. The van der Waals surface area contributed by atoms with Crippen LogP contribution in [0.25, 0.3) is 0 Å². The predicted octanol–water partition coefficient (Wildman–Crippen LogP) is 3.35. The number of allylic oxidation sites excluding steroid dienone is 2. The predicted molar refractivity (Wildman–Crippen MR) is 194 cm³/mol. The minimum absolute atomic E-state index is 0.234. The molecule has 1 unspecified atom stereocenters. The van der Waals surface area contributed by atoms with Crippen molar-refractivity contribution < 1.29 is 66.4 Å². The van der Waals surface area contributed by atoms with Gasteiger partial charge in [0.1, 0.15) is 5.60 Å². The average molecular weight is 761 g/mol. The molecule has 6 rings (SSSR count). The van der Waals surface area contributed by atoms with E-state index in [1.807, 2.05) is 36.4 Å². The second kappa shape index (κ2) is 22.5. The van der Waals surface area contributed by atoms with E-state index < -0.39 is 23.0 Å². The van der Waals surface area contributed by atoms with Gasteiger partial charge >= 0.3 is 11.9 Å². The molecule has 0 radical (unpaired) electrons. The van der Waals surface area contributed by atoms with Gasteiger partial charge in [0, 0.05) is 13.2 Å². The summed E-state index contributed by atoms with van der Waals surface area (Å²) in [7, 11) is 0. The van der Waals surface area contributed by atoms with Crippen molar-refractivity contribution in [1.82, 2.24) is 0 Å². The number of carbonyl (C=O) groups is 2. The van der Waals surface area contributed by atoms with E-state index in [1.54, 1.807) is 13.8 Å². The summed E-state index contributed by atoms with van der Waals surface area (Å²) < 4.78 is 69.2. The van der Waals surface area contributed by atoms with Crippen molar-refractivity contribution in [2.24, 2.45) is 5.41 Å². The van der Waals surface area contributed by atoms with Crippen LogP contribution in [-0.4, -0.2) is 151 Å². The summed E-state index contributed by atoms with van der Waals surface area (Å²) in [5.41, 5.74) is 2.47. The molecule has 4 aliphatic carbocycles. The first-order valence-electron chi connectivity index (χ1n) is 19.1. The second-order valence-electron chi connectivity index (χ2n) is 12.8. The van der Waals surface area contributed by atoms with Crippen LogP contribution < -0.4 is 0 Å². The normalized spacial score (nSPS) is 24.6. The number of rotatable bonds is 4. The smallest absolute Gasteiger partial charge is 0.338 e. The van der Waals surface area contributed by atoms with Gasteiger partial charge in [0.25, 0.3) is 0 Å². The third kappa shape index (κ3) is 10.6. The molecule has 1 aliphatic heterocycles. The molecule has 0 amide bonds. The first-order valence-corrected chi connectivity index (χ1v) is 19.1. The molecule has 1 atom stereocenters. The van der Waals surface area contributed by atoms with Gasteiger partial charge in [-0.05, 0) is 72.9 Å². The van der Waals surface area contributed by atoms with Crippen molar-refractivity contribution >= 4 is 11.9 Å². The Morgan fingerprint density at radius 3 is 1.41 bits per heavy atom. The van der Waals surface area contributed by atoms with Crippen LogP contribution in [0, 0.1) is 5.41 Å². The Morgan fingerprint density at radius 1 is 0.519 bits per heavy atom. The van der Waals surface area contributed by atoms with Gasteiger partial charge in [0.05, 0.1) is 142 Å². The Kier molecular flexibility index (Phi) is 17.6. The third-order valence-electron chi connectivity index (χ3n) is 9.33. The molecule has 0 saturated carbocycles. The van der Waals surface area contributed by atoms with Crippen LogP contribution in [0.1, 0.15) is 41.8 Å². The van der Waals surface area contributed by atoms with Crippen molar-refractivity contribution in [1.29, 1.82) is 0 Å². The molecule has 0 aromatic heterocycles. The highest BCUT2D eigenvalue weighted by atomic mass is 16.6. The number of carbonyl (C=O) groups excluding carboxylic acids is 2. The maximum atomic E-state index is 12.8. The third-order valence-corrected chi connectivity index (χ3v) is 9.33. The summed E-state index contributed by atoms with van der Waals surface area (Å²) in [5.74, 6) is -0.796. The number of fused-ring (bicyclic) bond motifs is 2. The Hall–Kier alpha value is -3.02. The molecule has 1 aromatic rings. The zero-order valence-electron chi connectivity index (χ0n) is 31.7. The molecule has 14 nitrogen and oxygen atoms in total. The lowest BCUT2D eigenvalue weighted by atomic mass is 9.47. The highest BCUT2D eigenvalue weighted by Gasteiger charge is 2.66. The number of hydrogen-bond donors (Lipinski definition) is 0. The lowest BCUT2D eigenvalue weighted by Crippen LogP contribution is -2.60. The zero-order chi connectivity index (χ0) is 37.9. The molecule has 0 N–H and O–H groups in total. The molecule has 54 heavy (non-hydrogen) atoms. The first-order chi connectivity index (χ1) is 26.6. The molecule has 5 aliphatic rings. The summed E-state index contributed by atoms with van der Waals surface area (Å²) in [4.78, 5) is 25.6. The number of esters is 2. The van der Waals surface area contributed by atoms with Crippen LogP contribution in [0.4, 0.5) is 0 Å². The standard InChI is InChI=1S/C40H56O14/c1-3-52-37(41)31-24-33-28-34(25-31)39(33)30-51-21-20-49-17-16-47-14-12-45-10-8-43-6-5-7-44-9-11-46-13-15-48-18-19-50-22-23-54-40(39)35-26-32(27-36(40)29-35)38(42)53-4-2/h24-29H,3-23,30H2,1-2H3. The lowest BCUT2D eigenvalue weighted by Gasteiger charge is -2.60. The fraction of sp³-hybridized carbons (Fsp3) is 0.650. The molecular weight excluding hydrogens is 704 g/mol. The highest BCUT2D eigenvalue weighted by molar-refractivity contribution is 5.95. The van der Waals surface area contributed by atoms with Crippen LogP contribution in [0.15, 0.2) is 53.1 Å². The van der Waals surface area contributed by atoms with E-state index in [9.17, 15) is 9.59 Å². The maximum Gasteiger partial charge on any atom is 0.338 e. The van der Waals surface area contributed by atoms with Gasteiger partial charge in [-0.2, -0.15) is 0 Å². The van der Waals surface area contributed by atoms with Crippen molar-refractivity contribution in [2.45, 2.75) is 25.9 Å². The Balaban J connectivity index is 1.25. The van der Waals surface area contributed by atoms with E-state index in [-0.39, 0.29) is 26.4 Å². The molecule has 300 valence electrons. The molecule has 1 saturated heterocycles. The molecule has 1 fully saturated rings. The quantitative estimate of drug-likeness (QED) is 0.414. The fourth-order valence-corrected chi connectivity index (χ4v) is 6.84. The van der Waals surface area contributed by atoms with Crippen molar-refractivity contribution in [3.05, 3.63) is 69.8 Å². The summed E-state index contributed by atoms with van der Waals surface area (Å²) >= 11 is 0. The van der Waals surface area contributed by atoms with Crippen LogP contribution >= 0.6 is 0 Å². The Bertz CT molecular complexity index is 1410. The first kappa shape index (κ1) is 42.1. The monoisotopic (exact) mass is 760 g/mol. The van der Waals surface area contributed by atoms with Crippen LogP contribution in [0.5, 0.6) is 0 Å². The van der Waals surface area contributed by atoms with E-state index >= 15 is 0 Å². The summed E-state index contributed by atoms with van der Waals surface area (Å²) in [6.45, 7) is 12.3. The van der Waals surface area contributed by atoms with E-state index in [0.717, 1.165) is 28.7 Å². The molecule has 1 heterocycles. The number of hydrogen-bond acceptors (Lipinski definition) is 14. The summed E-state index contributed by atoms with van der Waals surface area (Å²) in [5, 5.41) is 0. The van der Waals surface area contributed by atoms with E-state index in [0.29, 0.717) is 123 Å². The van der Waals surface area contributed by atoms with E-state index in [1.165, 1.54) is 0 Å². The van der Waals surface area contributed by atoms with Crippen molar-refractivity contribution in [2.75, 3.05) is 139 Å². The maximum absolute atomic E-state index is 12.8. The number of benzene rings is 1. The Morgan fingerprint density at radius 2 is 0.944 bits per heavy atom. The van der Waals surface area contributed by atoms with Crippen molar-refractivity contribution in [3.63, 3.8) is 0 Å². The lowest BCUT2D eigenvalue weighted by molar-refractivity contribution is -0.140. The molecule has 1 aromatic carbocycles. The average Bonchev–Trinajstić information content (AvgIpc) is 3.18. The highest BCUT2D eigenvalue weighted by Crippen LogP contribution is 2.67. The molecule has 2 spiro atoms. The Labute approximate surface area is 317 Å². The van der Waals surface area contributed by atoms with Crippen LogP contribution in [0.2, 0.25) is 0 Å². The topological polar surface area (TPSA) is 145 Å². The van der Waals surface area contributed by atoms with Crippen LogP contribution in [0.3, 0.4) is 0 Å². The number of ether oxygens (including phenoxy) is 12. The summed E-state index contributed by atoms with van der Waals surface area (Å²) in [6, 6.07) is 5.64. The van der Waals surface area contributed by atoms with Gasteiger partial charge < -0.3 is 56.8 Å². The second-order valence-corrected chi connectivity index (χ2v) is 12.8. The molecule has 14 heteroatoms. The zero-order valence-corrected chi connectivity index (χ0v) is 31.7. The van der Waals surface area contributed by atoms with Gasteiger partial charge in [-0.25, -0.2) is 9.59 Å². The van der Waals surface area contributed by atoms with Crippen LogP contribution in [-0.2, 0) is 67.2 Å². The molecule has 4 bridgehead atoms. The van der Waals surface area contributed by atoms with Gasteiger partial charge in [-0.3, -0.25) is 0 Å². The SMILES string of the molecule is CCOC(=O)C1=CC2=CC(=C1)C21OCCOCCOCCOCCOCCCOCCOCCOCCOCCOCC12c1cc(C(=O)OCC)cc2c1. The summed E-state index contributed by atoms with van der Waals surface area (Å²) in [6.07, 6.45) is 6.52. The van der Waals surface area contributed by atoms with Crippen molar-refractivity contribution in [3.8, 4) is 0 Å². The minimum Gasteiger partial charge on any atom is -0.462 e. The minimum atomic E-state index is -1.00.